The van der Waals surface area contributed by atoms with E-state index in [1.165, 1.54) is 12.1 Å². The summed E-state index contributed by atoms with van der Waals surface area (Å²) in [6.07, 6.45) is 0. The van der Waals surface area contributed by atoms with Crippen molar-refractivity contribution in [3.05, 3.63) is 59.9 Å². The first-order chi connectivity index (χ1) is 13.5. The van der Waals surface area contributed by atoms with Gasteiger partial charge in [-0.25, -0.2) is 4.39 Å². The summed E-state index contributed by atoms with van der Waals surface area (Å²) in [5.41, 5.74) is 0.702. The molecular weight excluding hydrogens is 361 g/mol. The number of hydrogen-bond donors (Lipinski definition) is 1. The molecule has 1 aliphatic rings. The molecule has 0 spiro atoms. The van der Waals surface area contributed by atoms with Crippen LogP contribution in [0.1, 0.15) is 17.3 Å². The number of anilines is 1. The molecule has 0 saturated carbocycles. The van der Waals surface area contributed by atoms with Gasteiger partial charge in [-0.15, -0.1) is 0 Å². The van der Waals surface area contributed by atoms with E-state index in [2.05, 4.69) is 5.32 Å². The maximum atomic E-state index is 13.9. The van der Waals surface area contributed by atoms with Crippen LogP contribution in [0.25, 0.3) is 0 Å². The van der Waals surface area contributed by atoms with E-state index in [1.807, 2.05) is 24.0 Å². The van der Waals surface area contributed by atoms with Crippen molar-refractivity contribution in [2.24, 2.45) is 0 Å². The maximum absolute atomic E-state index is 13.9. The third kappa shape index (κ3) is 4.31. The normalized spacial score (nSPS) is 15.8. The molecule has 1 aliphatic heterocycles. The maximum Gasteiger partial charge on any atom is 0.256 e. The molecule has 0 aromatic heterocycles. The molecule has 1 fully saturated rings. The van der Waals surface area contributed by atoms with Crippen LogP contribution in [-0.4, -0.2) is 60.9 Å². The van der Waals surface area contributed by atoms with Gasteiger partial charge in [-0.3, -0.25) is 14.5 Å². The quantitative estimate of drug-likeness (QED) is 0.860. The molecule has 0 bridgehead atoms. The molecule has 6 nitrogen and oxygen atoms in total. The van der Waals surface area contributed by atoms with Crippen LogP contribution in [0.2, 0.25) is 0 Å². The van der Waals surface area contributed by atoms with Crippen LogP contribution >= 0.6 is 0 Å². The minimum absolute atomic E-state index is 0.0814. The van der Waals surface area contributed by atoms with Crippen LogP contribution in [0.4, 0.5) is 10.1 Å². The highest BCUT2D eigenvalue weighted by molar-refractivity contribution is 5.96. The molecule has 7 heteroatoms. The monoisotopic (exact) mass is 385 g/mol. The van der Waals surface area contributed by atoms with Gasteiger partial charge in [0.05, 0.1) is 24.4 Å². The number of amides is 2. The zero-order valence-corrected chi connectivity index (χ0v) is 16.0. The molecule has 1 saturated heterocycles. The van der Waals surface area contributed by atoms with E-state index in [0.717, 1.165) is 0 Å². The summed E-state index contributed by atoms with van der Waals surface area (Å²) in [5, 5.41) is 2.89. The van der Waals surface area contributed by atoms with Crippen molar-refractivity contribution in [2.45, 2.75) is 13.0 Å². The lowest BCUT2D eigenvalue weighted by molar-refractivity contribution is -0.121. The topological polar surface area (TPSA) is 61.9 Å². The second-order valence-electron chi connectivity index (χ2n) is 6.67. The van der Waals surface area contributed by atoms with Gasteiger partial charge >= 0.3 is 0 Å². The van der Waals surface area contributed by atoms with Gasteiger partial charge in [0.2, 0.25) is 5.91 Å². The second-order valence-corrected chi connectivity index (χ2v) is 6.67. The molecule has 0 radical (unpaired) electrons. The zero-order chi connectivity index (χ0) is 20.1. The Balaban J connectivity index is 1.57. The molecule has 1 N–H and O–H groups in total. The molecule has 1 heterocycles. The SMILES string of the molecule is COc1ccccc1NC(=O)[C@@H](C)N1CCN(C(=O)c2ccccc2F)CC1. The van der Waals surface area contributed by atoms with Crippen molar-refractivity contribution in [1.29, 1.82) is 0 Å². The minimum atomic E-state index is -0.514. The van der Waals surface area contributed by atoms with Gasteiger partial charge in [-0.1, -0.05) is 24.3 Å². The van der Waals surface area contributed by atoms with Crippen molar-refractivity contribution < 1.29 is 18.7 Å². The molecule has 3 rings (SSSR count). The van der Waals surface area contributed by atoms with Crippen LogP contribution in [0.5, 0.6) is 5.75 Å². The number of methoxy groups -OCH3 is 1. The summed E-state index contributed by atoms with van der Waals surface area (Å²) < 4.78 is 19.1. The average molecular weight is 385 g/mol. The summed E-state index contributed by atoms with van der Waals surface area (Å²) in [7, 11) is 1.56. The van der Waals surface area contributed by atoms with Crippen LogP contribution in [-0.2, 0) is 4.79 Å². The van der Waals surface area contributed by atoms with Gasteiger partial charge in [0, 0.05) is 26.2 Å². The first-order valence-electron chi connectivity index (χ1n) is 9.23. The molecular formula is C21H24FN3O3. The number of rotatable bonds is 5. The highest BCUT2D eigenvalue weighted by Gasteiger charge is 2.29. The number of carbonyl (C=O) groups excluding carboxylic acids is 2. The molecule has 2 aromatic carbocycles. The molecule has 1 atom stereocenters. The molecule has 2 aromatic rings. The smallest absolute Gasteiger partial charge is 0.256 e. The number of para-hydroxylation sites is 2. The van der Waals surface area contributed by atoms with Gasteiger partial charge in [-0.2, -0.15) is 0 Å². The van der Waals surface area contributed by atoms with Gasteiger partial charge in [0.25, 0.3) is 5.91 Å². The first kappa shape index (κ1) is 19.8. The van der Waals surface area contributed by atoms with Crippen LogP contribution in [0, 0.1) is 5.82 Å². The van der Waals surface area contributed by atoms with E-state index in [9.17, 15) is 14.0 Å². The van der Waals surface area contributed by atoms with E-state index in [4.69, 9.17) is 4.74 Å². The number of nitrogens with zero attached hydrogens (tertiary/aromatic N) is 2. The second kappa shape index (κ2) is 8.84. The van der Waals surface area contributed by atoms with Crippen LogP contribution < -0.4 is 10.1 Å². The number of nitrogens with one attached hydrogen (secondary N) is 1. The average Bonchev–Trinajstić information content (AvgIpc) is 2.73. The summed E-state index contributed by atoms with van der Waals surface area (Å²) in [6, 6.07) is 12.9. The number of hydrogen-bond acceptors (Lipinski definition) is 4. The van der Waals surface area contributed by atoms with Gasteiger partial charge in [0.1, 0.15) is 11.6 Å². The van der Waals surface area contributed by atoms with Gasteiger partial charge < -0.3 is 15.0 Å². The molecule has 0 aliphatic carbocycles. The van der Waals surface area contributed by atoms with Crippen molar-refractivity contribution in [1.82, 2.24) is 9.80 Å². The van der Waals surface area contributed by atoms with E-state index in [0.29, 0.717) is 37.6 Å². The fraction of sp³-hybridized carbons (Fsp3) is 0.333. The van der Waals surface area contributed by atoms with Crippen molar-refractivity contribution in [2.75, 3.05) is 38.6 Å². The lowest BCUT2D eigenvalue weighted by atomic mass is 10.1. The number of piperazine rings is 1. The summed E-state index contributed by atoms with van der Waals surface area (Å²) in [4.78, 5) is 28.8. The van der Waals surface area contributed by atoms with E-state index < -0.39 is 5.82 Å². The Labute approximate surface area is 163 Å². The molecule has 2 amide bonds. The summed E-state index contributed by atoms with van der Waals surface area (Å²) >= 11 is 0. The summed E-state index contributed by atoms with van der Waals surface area (Å²) in [6.45, 7) is 3.80. The minimum Gasteiger partial charge on any atom is -0.495 e. The summed E-state index contributed by atoms with van der Waals surface area (Å²) in [5.74, 6) is -0.370. The third-order valence-corrected chi connectivity index (χ3v) is 5.00. The van der Waals surface area contributed by atoms with E-state index in [-0.39, 0.29) is 23.4 Å². The third-order valence-electron chi connectivity index (χ3n) is 5.00. The predicted octanol–water partition coefficient (Wildman–Crippen LogP) is 2.62. The van der Waals surface area contributed by atoms with E-state index >= 15 is 0 Å². The predicted molar refractivity (Wildman–Crippen MR) is 105 cm³/mol. The molecule has 148 valence electrons. The molecule has 0 unspecified atom stereocenters. The number of halogens is 1. The Kier molecular flexibility index (Phi) is 6.26. The highest BCUT2D eigenvalue weighted by atomic mass is 19.1. The first-order valence-corrected chi connectivity index (χ1v) is 9.23. The fourth-order valence-corrected chi connectivity index (χ4v) is 3.27. The number of ether oxygens (including phenoxy) is 1. The van der Waals surface area contributed by atoms with E-state index in [1.54, 1.807) is 36.3 Å². The van der Waals surface area contributed by atoms with Gasteiger partial charge in [-0.05, 0) is 31.2 Å². The standard InChI is InChI=1S/C21H24FN3O3/c1-15(20(26)23-18-9-5-6-10-19(18)28-2)24-11-13-25(14-12-24)21(27)16-7-3-4-8-17(16)22/h3-10,15H,11-14H2,1-2H3,(H,23,26)/t15-/m1/s1. The fourth-order valence-electron chi connectivity index (χ4n) is 3.27. The Morgan fingerprint density at radius 1 is 1.04 bits per heavy atom. The Bertz CT molecular complexity index is 850. The molecule has 28 heavy (non-hydrogen) atoms. The van der Waals surface area contributed by atoms with Crippen LogP contribution in [0.3, 0.4) is 0 Å². The lowest BCUT2D eigenvalue weighted by Gasteiger charge is -2.37. The van der Waals surface area contributed by atoms with Crippen molar-refractivity contribution >= 4 is 17.5 Å². The zero-order valence-electron chi connectivity index (χ0n) is 16.0. The van der Waals surface area contributed by atoms with Crippen LogP contribution in [0.15, 0.2) is 48.5 Å². The Hall–Kier alpha value is -2.93. The van der Waals surface area contributed by atoms with Gasteiger partial charge in [0.15, 0.2) is 0 Å². The lowest BCUT2D eigenvalue weighted by Crippen LogP contribution is -2.54. The van der Waals surface area contributed by atoms with Crippen molar-refractivity contribution in [3.8, 4) is 5.75 Å². The largest absolute Gasteiger partial charge is 0.495 e. The number of carbonyl (C=O) groups is 2. The Morgan fingerprint density at radius 2 is 1.68 bits per heavy atom. The number of benzene rings is 2. The highest BCUT2D eigenvalue weighted by Crippen LogP contribution is 2.23. The van der Waals surface area contributed by atoms with Crippen molar-refractivity contribution in [3.63, 3.8) is 0 Å². The Morgan fingerprint density at radius 3 is 2.36 bits per heavy atom.